The maximum atomic E-state index is 13.1. The first kappa shape index (κ1) is 16.6. The average molecular weight is 322 g/mol. The fourth-order valence-electron chi connectivity index (χ4n) is 3.53. The lowest BCUT2D eigenvalue weighted by Crippen LogP contribution is -2.44. The van der Waals surface area contributed by atoms with Gasteiger partial charge >= 0.3 is 0 Å². The van der Waals surface area contributed by atoms with Gasteiger partial charge in [0.1, 0.15) is 6.04 Å². The van der Waals surface area contributed by atoms with Crippen molar-refractivity contribution in [3.63, 3.8) is 0 Å². The van der Waals surface area contributed by atoms with Crippen LogP contribution in [-0.4, -0.2) is 19.0 Å². The molecule has 3 rings (SSSR count). The molecule has 1 aliphatic rings. The predicted octanol–water partition coefficient (Wildman–Crippen LogP) is 4.31. The van der Waals surface area contributed by atoms with Gasteiger partial charge in [-0.3, -0.25) is 4.79 Å². The Bertz CT molecular complexity index is 635. The van der Waals surface area contributed by atoms with E-state index in [1.165, 1.54) is 19.3 Å². The molecule has 126 valence electrons. The molecule has 3 heteroatoms. The minimum absolute atomic E-state index is 0.0967. The summed E-state index contributed by atoms with van der Waals surface area (Å²) >= 11 is 0. The molecule has 0 radical (unpaired) electrons. The Morgan fingerprint density at radius 1 is 0.958 bits per heavy atom. The summed E-state index contributed by atoms with van der Waals surface area (Å²) in [6, 6.07) is 20.2. The summed E-state index contributed by atoms with van der Waals surface area (Å²) < 4.78 is 0. The van der Waals surface area contributed by atoms with Crippen LogP contribution in [0.3, 0.4) is 0 Å². The molecule has 2 aromatic rings. The van der Waals surface area contributed by atoms with Crippen LogP contribution in [0, 0.1) is 0 Å². The van der Waals surface area contributed by atoms with Crippen LogP contribution in [-0.2, 0) is 4.79 Å². The Labute approximate surface area is 144 Å². The highest BCUT2D eigenvalue weighted by Gasteiger charge is 2.27. The molecular formula is C21H26N2O. The summed E-state index contributed by atoms with van der Waals surface area (Å²) in [7, 11) is 1.99. The van der Waals surface area contributed by atoms with Crippen molar-refractivity contribution < 1.29 is 4.79 Å². The molecule has 0 spiro atoms. The van der Waals surface area contributed by atoms with Crippen LogP contribution in [0.15, 0.2) is 60.7 Å². The second-order valence-corrected chi connectivity index (χ2v) is 6.60. The molecule has 24 heavy (non-hydrogen) atoms. The van der Waals surface area contributed by atoms with E-state index in [0.717, 1.165) is 24.1 Å². The zero-order chi connectivity index (χ0) is 16.8. The van der Waals surface area contributed by atoms with Gasteiger partial charge in [-0.1, -0.05) is 67.8 Å². The van der Waals surface area contributed by atoms with Crippen LogP contribution in [0.4, 0.5) is 5.69 Å². The Balaban J connectivity index is 1.83. The molecule has 0 saturated heterocycles. The number of hydrogen-bond donors (Lipinski definition) is 1. The first-order chi connectivity index (χ1) is 11.8. The van der Waals surface area contributed by atoms with Gasteiger partial charge < -0.3 is 10.2 Å². The maximum absolute atomic E-state index is 13.1. The number of nitrogens with zero attached hydrogens (tertiary/aromatic N) is 1. The molecule has 0 bridgehead atoms. The second kappa shape index (κ2) is 8.00. The van der Waals surface area contributed by atoms with Crippen molar-refractivity contribution in [3.8, 4) is 0 Å². The molecule has 2 aromatic carbocycles. The van der Waals surface area contributed by atoms with Crippen molar-refractivity contribution in [2.75, 3.05) is 11.9 Å². The number of hydrogen-bond acceptors (Lipinski definition) is 2. The quantitative estimate of drug-likeness (QED) is 0.889. The number of carbonyl (C=O) groups excluding carboxylic acids is 1. The first-order valence-electron chi connectivity index (χ1n) is 8.89. The van der Waals surface area contributed by atoms with Crippen LogP contribution in [0.5, 0.6) is 0 Å². The van der Waals surface area contributed by atoms with E-state index in [-0.39, 0.29) is 11.9 Å². The van der Waals surface area contributed by atoms with Crippen molar-refractivity contribution in [2.24, 2.45) is 0 Å². The van der Waals surface area contributed by atoms with Gasteiger partial charge in [0.2, 0.25) is 5.91 Å². The number of nitrogens with one attached hydrogen (secondary N) is 1. The molecule has 1 atom stereocenters. The molecule has 1 aliphatic carbocycles. The van der Waals surface area contributed by atoms with Crippen LogP contribution in [0.2, 0.25) is 0 Å². The van der Waals surface area contributed by atoms with Crippen molar-refractivity contribution in [1.82, 2.24) is 5.32 Å². The molecule has 1 fully saturated rings. The summed E-state index contributed by atoms with van der Waals surface area (Å²) in [5.41, 5.74) is 2.07. The van der Waals surface area contributed by atoms with E-state index >= 15 is 0 Å². The fourth-order valence-corrected chi connectivity index (χ4v) is 3.53. The van der Waals surface area contributed by atoms with E-state index in [4.69, 9.17) is 0 Å². The zero-order valence-corrected chi connectivity index (χ0v) is 14.3. The smallest absolute Gasteiger partial charge is 0.247 e. The predicted molar refractivity (Wildman–Crippen MR) is 99.0 cm³/mol. The molecular weight excluding hydrogens is 296 g/mol. The minimum Gasteiger partial charge on any atom is -0.359 e. The molecule has 1 saturated carbocycles. The SMILES string of the molecule is CN(c1ccccc1)[C@H](C(=O)NC1CCCCC1)c1ccccc1. The first-order valence-corrected chi connectivity index (χ1v) is 8.89. The number of carbonyl (C=O) groups is 1. The highest BCUT2D eigenvalue weighted by atomic mass is 16.2. The third-order valence-electron chi connectivity index (χ3n) is 4.87. The molecule has 3 nitrogen and oxygen atoms in total. The lowest BCUT2D eigenvalue weighted by molar-refractivity contribution is -0.123. The van der Waals surface area contributed by atoms with Gasteiger partial charge in [-0.25, -0.2) is 0 Å². The largest absolute Gasteiger partial charge is 0.359 e. The molecule has 1 amide bonds. The normalized spacial score (nSPS) is 16.4. The lowest BCUT2D eigenvalue weighted by atomic mass is 9.94. The number of anilines is 1. The zero-order valence-electron chi connectivity index (χ0n) is 14.3. The fraction of sp³-hybridized carbons (Fsp3) is 0.381. The van der Waals surface area contributed by atoms with Crippen LogP contribution >= 0.6 is 0 Å². The number of para-hydroxylation sites is 1. The summed E-state index contributed by atoms with van der Waals surface area (Å²) in [5.74, 6) is 0.0967. The summed E-state index contributed by atoms with van der Waals surface area (Å²) in [4.78, 5) is 15.1. The summed E-state index contributed by atoms with van der Waals surface area (Å²) in [6.45, 7) is 0. The molecule has 0 unspecified atom stereocenters. The monoisotopic (exact) mass is 322 g/mol. The lowest BCUT2D eigenvalue weighted by Gasteiger charge is -2.32. The topological polar surface area (TPSA) is 32.3 Å². The van der Waals surface area contributed by atoms with Gasteiger partial charge in [0.25, 0.3) is 0 Å². The van der Waals surface area contributed by atoms with Crippen molar-refractivity contribution in [2.45, 2.75) is 44.2 Å². The van der Waals surface area contributed by atoms with Crippen LogP contribution in [0.1, 0.15) is 43.7 Å². The third kappa shape index (κ3) is 3.97. The van der Waals surface area contributed by atoms with E-state index in [0.29, 0.717) is 6.04 Å². The molecule has 0 heterocycles. The van der Waals surface area contributed by atoms with Crippen LogP contribution in [0.25, 0.3) is 0 Å². The van der Waals surface area contributed by atoms with Gasteiger partial charge in [0, 0.05) is 18.8 Å². The van der Waals surface area contributed by atoms with E-state index in [9.17, 15) is 4.79 Å². The Hall–Kier alpha value is -2.29. The van der Waals surface area contributed by atoms with E-state index in [1.807, 2.05) is 67.7 Å². The Morgan fingerprint density at radius 3 is 2.17 bits per heavy atom. The summed E-state index contributed by atoms with van der Waals surface area (Å²) in [6.07, 6.45) is 5.92. The van der Waals surface area contributed by atoms with E-state index < -0.39 is 0 Å². The number of likely N-dealkylation sites (N-methyl/N-ethyl adjacent to an activating group) is 1. The second-order valence-electron chi connectivity index (χ2n) is 6.60. The highest BCUT2D eigenvalue weighted by Crippen LogP contribution is 2.27. The third-order valence-corrected chi connectivity index (χ3v) is 4.87. The molecule has 1 N–H and O–H groups in total. The number of rotatable bonds is 5. The van der Waals surface area contributed by atoms with Gasteiger partial charge in [0.15, 0.2) is 0 Å². The van der Waals surface area contributed by atoms with E-state index in [1.54, 1.807) is 0 Å². The minimum atomic E-state index is -0.310. The van der Waals surface area contributed by atoms with Crippen molar-refractivity contribution >= 4 is 11.6 Å². The van der Waals surface area contributed by atoms with Crippen molar-refractivity contribution in [1.29, 1.82) is 0 Å². The van der Waals surface area contributed by atoms with Gasteiger partial charge in [0.05, 0.1) is 0 Å². The molecule has 0 aromatic heterocycles. The van der Waals surface area contributed by atoms with Gasteiger partial charge in [-0.05, 0) is 30.5 Å². The Kier molecular flexibility index (Phi) is 5.52. The average Bonchev–Trinajstić information content (AvgIpc) is 2.64. The number of amides is 1. The molecule has 0 aliphatic heterocycles. The standard InChI is InChI=1S/C21H26N2O/c1-23(19-15-9-4-10-16-19)20(17-11-5-2-6-12-17)21(24)22-18-13-7-3-8-14-18/h2,4-6,9-12,15-16,18,20H,3,7-8,13-14H2,1H3,(H,22,24)/t20-/m0/s1. The van der Waals surface area contributed by atoms with Crippen LogP contribution < -0.4 is 10.2 Å². The van der Waals surface area contributed by atoms with Gasteiger partial charge in [-0.2, -0.15) is 0 Å². The van der Waals surface area contributed by atoms with Crippen molar-refractivity contribution in [3.05, 3.63) is 66.2 Å². The summed E-state index contributed by atoms with van der Waals surface area (Å²) in [5, 5.41) is 3.29. The number of benzene rings is 2. The highest BCUT2D eigenvalue weighted by molar-refractivity contribution is 5.86. The Morgan fingerprint density at radius 2 is 1.54 bits per heavy atom. The maximum Gasteiger partial charge on any atom is 0.247 e. The van der Waals surface area contributed by atoms with E-state index in [2.05, 4.69) is 10.2 Å². The van der Waals surface area contributed by atoms with Gasteiger partial charge in [-0.15, -0.1) is 0 Å².